The summed E-state index contributed by atoms with van der Waals surface area (Å²) in [5, 5.41) is 0. The van der Waals surface area contributed by atoms with E-state index in [1.165, 1.54) is 0 Å². The summed E-state index contributed by atoms with van der Waals surface area (Å²) in [5.41, 5.74) is 0. The fraction of sp³-hybridized carbons (Fsp3) is 0.143. The highest BCUT2D eigenvalue weighted by atomic mass is 16.5. The SMILES string of the molecule is C=C1C=CC=C(C)O1. The molecule has 0 saturated carbocycles. The van der Waals surface area contributed by atoms with Gasteiger partial charge in [-0.3, -0.25) is 0 Å². The first-order chi connectivity index (χ1) is 3.79. The first-order valence-corrected chi connectivity index (χ1v) is 2.51. The van der Waals surface area contributed by atoms with Gasteiger partial charge >= 0.3 is 0 Å². The summed E-state index contributed by atoms with van der Waals surface area (Å²) >= 11 is 0. The van der Waals surface area contributed by atoms with Crippen molar-refractivity contribution in [2.75, 3.05) is 0 Å². The minimum atomic E-state index is 0.713. The summed E-state index contributed by atoms with van der Waals surface area (Å²) in [4.78, 5) is 0. The van der Waals surface area contributed by atoms with Gasteiger partial charge in [0.15, 0.2) is 0 Å². The molecule has 8 heavy (non-hydrogen) atoms. The van der Waals surface area contributed by atoms with Crippen LogP contribution < -0.4 is 0 Å². The van der Waals surface area contributed by atoms with E-state index >= 15 is 0 Å². The summed E-state index contributed by atoms with van der Waals surface area (Å²) in [6.07, 6.45) is 5.64. The molecule has 1 rings (SSSR count). The minimum absolute atomic E-state index is 0.713. The Morgan fingerprint density at radius 3 is 2.75 bits per heavy atom. The third-order valence-corrected chi connectivity index (χ3v) is 0.905. The van der Waals surface area contributed by atoms with Crippen LogP contribution in [0.3, 0.4) is 0 Å². The van der Waals surface area contributed by atoms with Crippen molar-refractivity contribution in [2.24, 2.45) is 0 Å². The molecule has 1 aliphatic heterocycles. The molecular weight excluding hydrogens is 100 g/mol. The molecule has 1 heterocycles. The van der Waals surface area contributed by atoms with Crippen molar-refractivity contribution in [3.63, 3.8) is 0 Å². The van der Waals surface area contributed by atoms with Crippen LogP contribution in [0.4, 0.5) is 0 Å². The second kappa shape index (κ2) is 1.86. The summed E-state index contributed by atoms with van der Waals surface area (Å²) in [7, 11) is 0. The number of hydrogen-bond donors (Lipinski definition) is 0. The Labute approximate surface area is 49.0 Å². The van der Waals surface area contributed by atoms with E-state index in [1.807, 2.05) is 25.2 Å². The largest absolute Gasteiger partial charge is 0.463 e. The summed E-state index contributed by atoms with van der Waals surface area (Å²) in [6, 6.07) is 0. The minimum Gasteiger partial charge on any atom is -0.463 e. The Hall–Kier alpha value is -0.980. The highest BCUT2D eigenvalue weighted by molar-refractivity contribution is 5.21. The number of rotatable bonds is 0. The lowest BCUT2D eigenvalue weighted by Crippen LogP contribution is -1.88. The predicted molar refractivity (Wildman–Crippen MR) is 33.1 cm³/mol. The van der Waals surface area contributed by atoms with Crippen LogP contribution in [-0.2, 0) is 4.74 Å². The Balaban J connectivity index is 2.73. The van der Waals surface area contributed by atoms with Crippen molar-refractivity contribution in [3.05, 3.63) is 36.3 Å². The summed E-state index contributed by atoms with van der Waals surface area (Å²) < 4.78 is 5.07. The zero-order valence-electron chi connectivity index (χ0n) is 4.85. The van der Waals surface area contributed by atoms with Gasteiger partial charge in [0.05, 0.1) is 0 Å². The van der Waals surface area contributed by atoms with Gasteiger partial charge in [0.25, 0.3) is 0 Å². The summed E-state index contributed by atoms with van der Waals surface area (Å²) in [5.74, 6) is 1.61. The molecule has 0 spiro atoms. The normalized spacial score (nSPS) is 17.6. The van der Waals surface area contributed by atoms with Crippen LogP contribution >= 0.6 is 0 Å². The molecule has 0 fully saturated rings. The zero-order chi connectivity index (χ0) is 5.98. The molecule has 1 aliphatic rings. The van der Waals surface area contributed by atoms with Crippen molar-refractivity contribution >= 4 is 0 Å². The summed E-state index contributed by atoms with van der Waals surface area (Å²) in [6.45, 7) is 5.51. The fourth-order valence-corrected chi connectivity index (χ4v) is 0.566. The molecule has 0 N–H and O–H groups in total. The van der Waals surface area contributed by atoms with E-state index in [9.17, 15) is 0 Å². The van der Waals surface area contributed by atoms with E-state index in [-0.39, 0.29) is 0 Å². The average Bonchev–Trinajstić information content (AvgIpc) is 1.64. The van der Waals surface area contributed by atoms with Crippen molar-refractivity contribution in [2.45, 2.75) is 6.92 Å². The molecule has 0 bridgehead atoms. The maximum atomic E-state index is 5.07. The van der Waals surface area contributed by atoms with E-state index < -0.39 is 0 Å². The molecule has 0 aromatic heterocycles. The molecule has 0 amide bonds. The van der Waals surface area contributed by atoms with Gasteiger partial charge in [0.2, 0.25) is 0 Å². The van der Waals surface area contributed by atoms with Gasteiger partial charge in [-0.15, -0.1) is 0 Å². The smallest absolute Gasteiger partial charge is 0.119 e. The van der Waals surface area contributed by atoms with Crippen molar-refractivity contribution in [1.29, 1.82) is 0 Å². The van der Waals surface area contributed by atoms with Crippen LogP contribution in [0.2, 0.25) is 0 Å². The van der Waals surface area contributed by atoms with E-state index in [2.05, 4.69) is 6.58 Å². The van der Waals surface area contributed by atoms with Crippen molar-refractivity contribution < 1.29 is 4.74 Å². The lowest BCUT2D eigenvalue weighted by atomic mass is 10.3. The standard InChI is InChI=1S/C7H8O/c1-6-4-3-5-7(2)8-6/h3-5H,1H2,2H3. The molecule has 0 unspecified atom stereocenters. The molecule has 42 valence electrons. The van der Waals surface area contributed by atoms with Crippen LogP contribution in [-0.4, -0.2) is 0 Å². The molecule has 1 nitrogen and oxygen atoms in total. The first kappa shape index (κ1) is 5.16. The molecular formula is C7H8O. The van der Waals surface area contributed by atoms with Gasteiger partial charge < -0.3 is 4.74 Å². The van der Waals surface area contributed by atoms with E-state index in [1.54, 1.807) is 0 Å². The maximum absolute atomic E-state index is 5.07. The van der Waals surface area contributed by atoms with Crippen LogP contribution in [0.1, 0.15) is 6.92 Å². The molecule has 0 saturated heterocycles. The fourth-order valence-electron chi connectivity index (χ4n) is 0.566. The van der Waals surface area contributed by atoms with Gasteiger partial charge in [-0.25, -0.2) is 0 Å². The lowest BCUT2D eigenvalue weighted by molar-refractivity contribution is 0.320. The van der Waals surface area contributed by atoms with E-state index in [0.717, 1.165) is 5.76 Å². The van der Waals surface area contributed by atoms with Crippen LogP contribution in [0.5, 0.6) is 0 Å². The molecule has 0 aliphatic carbocycles. The molecule has 0 atom stereocenters. The monoisotopic (exact) mass is 108 g/mol. The van der Waals surface area contributed by atoms with Crippen LogP contribution in [0.25, 0.3) is 0 Å². The van der Waals surface area contributed by atoms with Crippen LogP contribution in [0, 0.1) is 0 Å². The number of allylic oxidation sites excluding steroid dienone is 4. The predicted octanol–water partition coefficient (Wildman–Crippen LogP) is 1.99. The molecule has 0 aromatic rings. The highest BCUT2D eigenvalue weighted by Gasteiger charge is 1.93. The Morgan fingerprint density at radius 2 is 2.38 bits per heavy atom. The van der Waals surface area contributed by atoms with Gasteiger partial charge in [0, 0.05) is 0 Å². The zero-order valence-corrected chi connectivity index (χ0v) is 4.85. The van der Waals surface area contributed by atoms with E-state index in [4.69, 9.17) is 4.74 Å². The highest BCUT2D eigenvalue weighted by Crippen LogP contribution is 2.09. The average molecular weight is 108 g/mol. The quantitative estimate of drug-likeness (QED) is 0.461. The number of hydrogen-bond acceptors (Lipinski definition) is 1. The maximum Gasteiger partial charge on any atom is 0.119 e. The Morgan fingerprint density at radius 1 is 1.62 bits per heavy atom. The third-order valence-electron chi connectivity index (χ3n) is 0.905. The topological polar surface area (TPSA) is 9.23 Å². The van der Waals surface area contributed by atoms with Gasteiger partial charge in [-0.2, -0.15) is 0 Å². The van der Waals surface area contributed by atoms with Gasteiger partial charge in [-0.1, -0.05) is 12.7 Å². The Kier molecular flexibility index (Phi) is 1.20. The molecule has 0 aromatic carbocycles. The van der Waals surface area contributed by atoms with E-state index in [0.29, 0.717) is 5.76 Å². The van der Waals surface area contributed by atoms with Gasteiger partial charge in [-0.05, 0) is 19.1 Å². The van der Waals surface area contributed by atoms with Crippen molar-refractivity contribution in [1.82, 2.24) is 0 Å². The first-order valence-electron chi connectivity index (χ1n) is 2.51. The Bertz CT molecular complexity index is 163. The number of ether oxygens (including phenoxy) is 1. The van der Waals surface area contributed by atoms with Crippen LogP contribution in [0.15, 0.2) is 36.3 Å². The van der Waals surface area contributed by atoms with Crippen molar-refractivity contribution in [3.8, 4) is 0 Å². The van der Waals surface area contributed by atoms with Gasteiger partial charge in [0.1, 0.15) is 11.5 Å². The molecule has 1 heteroatoms. The molecule has 0 radical (unpaired) electrons. The second-order valence-electron chi connectivity index (χ2n) is 1.70. The lowest BCUT2D eigenvalue weighted by Gasteiger charge is -2.06. The third kappa shape index (κ3) is 0.997. The second-order valence-corrected chi connectivity index (χ2v) is 1.70.